The molecule has 0 bridgehead atoms. The number of aliphatic hydroxyl groups excluding tert-OH is 1. The third-order valence-electron chi connectivity index (χ3n) is 3.73. The fraction of sp³-hybridized carbons (Fsp3) is 0.533. The van der Waals surface area contributed by atoms with E-state index in [1.165, 1.54) is 11.8 Å². The monoisotopic (exact) mass is 347 g/mol. The summed E-state index contributed by atoms with van der Waals surface area (Å²) in [6.45, 7) is 3.54. The molecule has 1 unspecified atom stereocenters. The first-order valence-corrected chi connectivity index (χ1v) is 8.66. The minimum atomic E-state index is -0.202. The van der Waals surface area contributed by atoms with E-state index in [-0.39, 0.29) is 17.8 Å². The summed E-state index contributed by atoms with van der Waals surface area (Å²) < 4.78 is 0. The normalized spacial score (nSPS) is 17.8. The highest BCUT2D eigenvalue weighted by Crippen LogP contribution is 2.33. The van der Waals surface area contributed by atoms with E-state index in [9.17, 15) is 4.79 Å². The van der Waals surface area contributed by atoms with E-state index in [1.807, 2.05) is 11.8 Å². The van der Waals surface area contributed by atoms with Crippen molar-refractivity contribution >= 4 is 40.9 Å². The number of aliphatic hydroxyl groups is 1. The highest BCUT2D eigenvalue weighted by atomic mass is 35.5. The van der Waals surface area contributed by atoms with Crippen LogP contribution in [0.25, 0.3) is 0 Å². The Morgan fingerprint density at radius 3 is 2.71 bits per heavy atom. The minimum Gasteiger partial charge on any atom is -0.396 e. The third kappa shape index (κ3) is 4.52. The van der Waals surface area contributed by atoms with E-state index in [0.29, 0.717) is 16.0 Å². The molecule has 0 radical (unpaired) electrons. The molecule has 1 aliphatic rings. The fourth-order valence-corrected chi connectivity index (χ4v) is 3.90. The molecule has 1 aliphatic heterocycles. The lowest BCUT2D eigenvalue weighted by atomic mass is 9.98. The zero-order valence-corrected chi connectivity index (χ0v) is 14.2. The van der Waals surface area contributed by atoms with Crippen LogP contribution in [0.15, 0.2) is 23.1 Å². The number of hydrogen-bond donors (Lipinski definition) is 1. The zero-order valence-electron chi connectivity index (χ0n) is 11.9. The highest BCUT2D eigenvalue weighted by Gasteiger charge is 2.26. The van der Waals surface area contributed by atoms with E-state index in [2.05, 4.69) is 0 Å². The van der Waals surface area contributed by atoms with Crippen molar-refractivity contribution in [3.05, 3.63) is 28.2 Å². The number of halogens is 2. The number of thioether (sulfide) groups is 1. The maximum Gasteiger partial charge on any atom is 0.235 e. The Morgan fingerprint density at radius 1 is 1.43 bits per heavy atom. The molecule has 1 aromatic rings. The van der Waals surface area contributed by atoms with Crippen LogP contribution in [0.2, 0.25) is 10.0 Å². The number of benzene rings is 1. The van der Waals surface area contributed by atoms with Crippen LogP contribution in [0.5, 0.6) is 0 Å². The second-order valence-corrected chi connectivity index (χ2v) is 7.51. The number of carbonyl (C=O) groups excluding carboxylic acids is 1. The lowest BCUT2D eigenvalue weighted by molar-refractivity contribution is -0.131. The largest absolute Gasteiger partial charge is 0.396 e. The molecule has 0 spiro atoms. The van der Waals surface area contributed by atoms with Gasteiger partial charge in [0.2, 0.25) is 5.91 Å². The van der Waals surface area contributed by atoms with Crippen molar-refractivity contribution in [3.8, 4) is 0 Å². The van der Waals surface area contributed by atoms with E-state index in [4.69, 9.17) is 28.3 Å². The van der Waals surface area contributed by atoms with E-state index in [1.54, 1.807) is 18.2 Å². The van der Waals surface area contributed by atoms with Crippen molar-refractivity contribution < 1.29 is 9.90 Å². The molecular formula is C15H19Cl2NO2S. The number of piperidine rings is 1. The van der Waals surface area contributed by atoms with Gasteiger partial charge in [-0.1, -0.05) is 23.2 Å². The van der Waals surface area contributed by atoms with E-state index in [0.717, 1.165) is 30.8 Å². The SMILES string of the molecule is CC(Sc1cc(Cl)ccc1Cl)C(=O)N1CCC(CO)CC1. The van der Waals surface area contributed by atoms with Gasteiger partial charge < -0.3 is 10.0 Å². The molecule has 2 rings (SSSR count). The number of nitrogens with zero attached hydrogens (tertiary/aromatic N) is 1. The first-order valence-electron chi connectivity index (χ1n) is 7.02. The molecule has 0 aliphatic carbocycles. The van der Waals surface area contributed by atoms with E-state index >= 15 is 0 Å². The fourth-order valence-electron chi connectivity index (χ4n) is 2.40. The Hall–Kier alpha value is -0.420. The molecule has 0 aromatic heterocycles. The summed E-state index contributed by atoms with van der Waals surface area (Å²) in [5, 5.41) is 10.2. The second kappa shape index (κ2) is 7.73. The lowest BCUT2D eigenvalue weighted by Gasteiger charge is -2.32. The molecule has 1 N–H and O–H groups in total. The summed E-state index contributed by atoms with van der Waals surface area (Å²) >= 11 is 13.5. The molecule has 6 heteroatoms. The van der Waals surface area contributed by atoms with Crippen molar-refractivity contribution in [2.75, 3.05) is 19.7 Å². The summed E-state index contributed by atoms with van der Waals surface area (Å²) in [5.74, 6) is 0.451. The average Bonchev–Trinajstić information content (AvgIpc) is 2.50. The van der Waals surface area contributed by atoms with Gasteiger partial charge in [0.1, 0.15) is 0 Å². The molecule has 1 heterocycles. The topological polar surface area (TPSA) is 40.5 Å². The van der Waals surface area contributed by atoms with Crippen LogP contribution in [0.3, 0.4) is 0 Å². The van der Waals surface area contributed by atoms with Gasteiger partial charge in [0.25, 0.3) is 0 Å². The first kappa shape index (κ1) is 16.9. The number of hydrogen-bond acceptors (Lipinski definition) is 3. The van der Waals surface area contributed by atoms with Crippen LogP contribution < -0.4 is 0 Å². The molecule has 0 saturated carbocycles. The molecule has 116 valence electrons. The van der Waals surface area contributed by atoms with Crippen LogP contribution in [0.1, 0.15) is 19.8 Å². The predicted molar refractivity (Wildman–Crippen MR) is 88.2 cm³/mol. The minimum absolute atomic E-state index is 0.118. The standard InChI is InChI=1S/C15H19Cl2NO2S/c1-10(21-14-8-12(16)2-3-13(14)17)15(20)18-6-4-11(9-19)5-7-18/h2-3,8,10-11,19H,4-7,9H2,1H3. The van der Waals surface area contributed by atoms with Gasteiger partial charge in [0.05, 0.1) is 10.3 Å². The van der Waals surface area contributed by atoms with Crippen molar-refractivity contribution in [2.24, 2.45) is 5.92 Å². The summed E-state index contributed by atoms with van der Waals surface area (Å²) in [6.07, 6.45) is 1.75. The van der Waals surface area contributed by atoms with Gasteiger partial charge in [-0.25, -0.2) is 0 Å². The molecule has 1 saturated heterocycles. The van der Waals surface area contributed by atoms with Gasteiger partial charge in [-0.2, -0.15) is 0 Å². The van der Waals surface area contributed by atoms with Gasteiger partial charge in [-0.3, -0.25) is 4.79 Å². The smallest absolute Gasteiger partial charge is 0.235 e. The quantitative estimate of drug-likeness (QED) is 0.844. The first-order chi connectivity index (χ1) is 10.0. The number of carbonyl (C=O) groups is 1. The lowest BCUT2D eigenvalue weighted by Crippen LogP contribution is -2.42. The molecule has 1 aromatic carbocycles. The number of likely N-dealkylation sites (tertiary alicyclic amines) is 1. The van der Waals surface area contributed by atoms with Crippen LogP contribution in [-0.2, 0) is 4.79 Å². The predicted octanol–water partition coefficient (Wildman–Crippen LogP) is 3.70. The van der Waals surface area contributed by atoms with Crippen LogP contribution in [0.4, 0.5) is 0 Å². The Bertz CT molecular complexity index is 504. The highest BCUT2D eigenvalue weighted by molar-refractivity contribution is 8.00. The Balaban J connectivity index is 1.95. The van der Waals surface area contributed by atoms with Crippen LogP contribution in [-0.4, -0.2) is 40.9 Å². The molecule has 1 atom stereocenters. The molecule has 1 fully saturated rings. The van der Waals surface area contributed by atoms with Gasteiger partial charge in [-0.05, 0) is 43.9 Å². The maximum absolute atomic E-state index is 12.5. The number of amides is 1. The Morgan fingerprint density at radius 2 is 2.10 bits per heavy atom. The zero-order chi connectivity index (χ0) is 15.4. The van der Waals surface area contributed by atoms with Gasteiger partial charge in [0, 0.05) is 29.6 Å². The summed E-state index contributed by atoms with van der Waals surface area (Å²) in [4.78, 5) is 15.2. The van der Waals surface area contributed by atoms with Crippen molar-refractivity contribution in [2.45, 2.75) is 29.9 Å². The molecule has 3 nitrogen and oxygen atoms in total. The van der Waals surface area contributed by atoms with Gasteiger partial charge in [-0.15, -0.1) is 11.8 Å². The summed E-state index contributed by atoms with van der Waals surface area (Å²) in [5.41, 5.74) is 0. The van der Waals surface area contributed by atoms with Crippen molar-refractivity contribution in [1.82, 2.24) is 4.90 Å². The third-order valence-corrected chi connectivity index (χ3v) is 5.55. The van der Waals surface area contributed by atoms with Crippen molar-refractivity contribution in [3.63, 3.8) is 0 Å². The second-order valence-electron chi connectivity index (χ2n) is 5.29. The summed E-state index contributed by atoms with van der Waals surface area (Å²) in [7, 11) is 0. The summed E-state index contributed by atoms with van der Waals surface area (Å²) in [6, 6.07) is 5.27. The van der Waals surface area contributed by atoms with Gasteiger partial charge in [0.15, 0.2) is 0 Å². The molecular weight excluding hydrogens is 329 g/mol. The number of rotatable bonds is 4. The van der Waals surface area contributed by atoms with Crippen LogP contribution >= 0.6 is 35.0 Å². The molecule has 1 amide bonds. The van der Waals surface area contributed by atoms with Crippen LogP contribution in [0, 0.1) is 5.92 Å². The van der Waals surface area contributed by atoms with E-state index < -0.39 is 0 Å². The maximum atomic E-state index is 12.5. The molecule has 21 heavy (non-hydrogen) atoms. The Labute approximate surface area is 139 Å². The van der Waals surface area contributed by atoms with Gasteiger partial charge >= 0.3 is 0 Å². The van der Waals surface area contributed by atoms with Crippen molar-refractivity contribution in [1.29, 1.82) is 0 Å². The Kier molecular flexibility index (Phi) is 6.23. The average molecular weight is 348 g/mol.